The molecule has 0 amide bonds. The van der Waals surface area contributed by atoms with Gasteiger partial charge in [-0.1, -0.05) is 64.2 Å². The van der Waals surface area contributed by atoms with Crippen LogP contribution in [0.4, 0.5) is 0 Å². The third kappa shape index (κ3) is 5.43. The summed E-state index contributed by atoms with van der Waals surface area (Å²) >= 11 is 0. The topological polar surface area (TPSA) is 57.5 Å². The lowest BCUT2D eigenvalue weighted by Gasteiger charge is -2.44. The number of hydrogen-bond acceptors (Lipinski definition) is 3. The van der Waals surface area contributed by atoms with Gasteiger partial charge in [0, 0.05) is 12.6 Å². The summed E-state index contributed by atoms with van der Waals surface area (Å²) in [6.45, 7) is 13.0. The Morgan fingerprint density at radius 1 is 1.22 bits per heavy atom. The zero-order valence-corrected chi connectivity index (χ0v) is 21.6. The first kappa shape index (κ1) is 25.7. The third-order valence-electron chi connectivity index (χ3n) is 8.97. The van der Waals surface area contributed by atoms with Gasteiger partial charge in [0.05, 0.1) is 19.3 Å². The van der Waals surface area contributed by atoms with Crippen molar-refractivity contribution in [3.63, 3.8) is 0 Å². The van der Waals surface area contributed by atoms with Gasteiger partial charge < -0.3 is 14.8 Å². The summed E-state index contributed by atoms with van der Waals surface area (Å²) < 4.78 is 12.8. The second-order valence-electron chi connectivity index (χ2n) is 10.8. The molecular formula is C28H45O3P. The summed E-state index contributed by atoms with van der Waals surface area (Å²) in [6, 6.07) is 0. The third-order valence-corrected chi connectivity index (χ3v) is 12.1. The Morgan fingerprint density at radius 3 is 2.62 bits per heavy atom. The molecule has 180 valence electrons. The van der Waals surface area contributed by atoms with Crippen molar-refractivity contribution in [2.75, 3.05) is 18.5 Å². The molecule has 4 heteroatoms. The monoisotopic (exact) mass is 460 g/mol. The number of allylic oxidation sites excluding steroid dienone is 5. The Bertz CT molecular complexity index is 815. The van der Waals surface area contributed by atoms with Gasteiger partial charge in [-0.25, -0.2) is 0 Å². The molecule has 0 saturated heterocycles. The molecule has 32 heavy (non-hydrogen) atoms. The fraction of sp³-hybridized carbons (Fsp3) is 0.714. The van der Waals surface area contributed by atoms with Gasteiger partial charge >= 0.3 is 0 Å². The SMILES string of the molecule is C=C1/C(=C\C=C2/CCC[C@]3(C)[C@@H]([C@H](C)/C=C/CP(=O)(CC)CC)CC[C@@H]23)C[C@@H](O)C[C@@H]1O. The summed E-state index contributed by atoms with van der Waals surface area (Å²) in [7, 11) is -2.01. The molecule has 3 aliphatic rings. The van der Waals surface area contributed by atoms with Crippen LogP contribution in [-0.4, -0.2) is 40.9 Å². The van der Waals surface area contributed by atoms with E-state index in [1.54, 1.807) is 0 Å². The van der Waals surface area contributed by atoms with E-state index >= 15 is 0 Å². The van der Waals surface area contributed by atoms with E-state index in [1.807, 2.05) is 0 Å². The van der Waals surface area contributed by atoms with Crippen molar-refractivity contribution in [1.82, 2.24) is 0 Å². The molecule has 3 fully saturated rings. The average Bonchev–Trinajstić information content (AvgIpc) is 3.12. The van der Waals surface area contributed by atoms with Gasteiger partial charge in [0.2, 0.25) is 0 Å². The molecule has 3 saturated carbocycles. The first-order valence-corrected chi connectivity index (χ1v) is 15.1. The molecule has 0 bridgehead atoms. The number of hydrogen-bond donors (Lipinski definition) is 2. The van der Waals surface area contributed by atoms with Crippen molar-refractivity contribution in [1.29, 1.82) is 0 Å². The van der Waals surface area contributed by atoms with Crippen LogP contribution >= 0.6 is 7.14 Å². The summed E-state index contributed by atoms with van der Waals surface area (Å²) in [5.41, 5.74) is 3.62. The van der Waals surface area contributed by atoms with E-state index < -0.39 is 19.3 Å². The zero-order valence-electron chi connectivity index (χ0n) is 20.7. The molecule has 6 atom stereocenters. The van der Waals surface area contributed by atoms with E-state index in [2.05, 4.69) is 58.6 Å². The Kier molecular flexibility index (Phi) is 8.51. The van der Waals surface area contributed by atoms with Crippen LogP contribution in [0.2, 0.25) is 0 Å². The molecule has 0 heterocycles. The predicted molar refractivity (Wildman–Crippen MR) is 137 cm³/mol. The Morgan fingerprint density at radius 2 is 1.94 bits per heavy atom. The number of fused-ring (bicyclic) bond motifs is 1. The van der Waals surface area contributed by atoms with E-state index in [1.165, 1.54) is 31.3 Å². The normalized spacial score (nSPS) is 37.4. The fourth-order valence-electron chi connectivity index (χ4n) is 6.69. The average molecular weight is 461 g/mol. The molecule has 0 aliphatic heterocycles. The molecule has 0 unspecified atom stereocenters. The van der Waals surface area contributed by atoms with Crippen molar-refractivity contribution < 1.29 is 14.8 Å². The van der Waals surface area contributed by atoms with Crippen LogP contribution in [-0.2, 0) is 4.57 Å². The predicted octanol–water partition coefficient (Wildman–Crippen LogP) is 6.72. The molecule has 0 radical (unpaired) electrons. The molecule has 3 aliphatic carbocycles. The number of aliphatic hydroxyl groups excluding tert-OH is 2. The van der Waals surface area contributed by atoms with Gasteiger partial charge in [0.1, 0.15) is 0 Å². The highest BCUT2D eigenvalue weighted by molar-refractivity contribution is 7.64. The first-order valence-electron chi connectivity index (χ1n) is 12.8. The largest absolute Gasteiger partial charge is 0.393 e. The standard InChI is InChI=1S/C28H45O3P/c1-6-32(31,7-2)17-9-10-20(3)25-14-15-26-22(11-8-16-28(25,26)5)12-13-23-18-24(29)19-27(30)21(23)4/h9-10,12-13,20,24-27,29-30H,4,6-8,11,14-19H2,1-3,5H3/b10-9+,22-12+,23-13-/t20-,24-,25-,26+,27+,28-/m1/s1. The Balaban J connectivity index is 1.73. The number of aliphatic hydroxyl groups is 2. The van der Waals surface area contributed by atoms with Crippen molar-refractivity contribution in [2.24, 2.45) is 23.2 Å². The van der Waals surface area contributed by atoms with Crippen LogP contribution < -0.4 is 0 Å². The lowest BCUT2D eigenvalue weighted by molar-refractivity contribution is 0.0862. The van der Waals surface area contributed by atoms with Gasteiger partial charge in [-0.2, -0.15) is 0 Å². The lowest BCUT2D eigenvalue weighted by Crippen LogP contribution is -2.35. The van der Waals surface area contributed by atoms with E-state index in [-0.39, 0.29) is 0 Å². The van der Waals surface area contributed by atoms with Crippen LogP contribution in [0.15, 0.2) is 47.6 Å². The van der Waals surface area contributed by atoms with Crippen molar-refractivity contribution in [3.05, 3.63) is 47.6 Å². The molecule has 3 nitrogen and oxygen atoms in total. The minimum Gasteiger partial charge on any atom is -0.393 e. The summed E-state index contributed by atoms with van der Waals surface area (Å²) in [5.74, 6) is 1.78. The molecule has 2 N–H and O–H groups in total. The highest BCUT2D eigenvalue weighted by Crippen LogP contribution is 2.59. The maximum Gasteiger partial charge on any atom is 0.0907 e. The van der Waals surface area contributed by atoms with Crippen LogP contribution in [0.3, 0.4) is 0 Å². The molecule has 0 spiro atoms. The quantitative estimate of drug-likeness (QED) is 0.327. The smallest absolute Gasteiger partial charge is 0.0907 e. The molecular weight excluding hydrogens is 415 g/mol. The minimum atomic E-state index is -2.01. The highest BCUT2D eigenvalue weighted by Gasteiger charge is 2.50. The van der Waals surface area contributed by atoms with E-state index in [9.17, 15) is 14.8 Å². The molecule has 3 rings (SSSR count). The van der Waals surface area contributed by atoms with E-state index in [4.69, 9.17) is 0 Å². The van der Waals surface area contributed by atoms with E-state index in [0.29, 0.717) is 36.0 Å². The van der Waals surface area contributed by atoms with Gasteiger partial charge in [0.25, 0.3) is 0 Å². The highest BCUT2D eigenvalue weighted by atomic mass is 31.2. The van der Waals surface area contributed by atoms with Crippen LogP contribution in [0, 0.1) is 23.2 Å². The lowest BCUT2D eigenvalue weighted by atomic mass is 9.61. The summed E-state index contributed by atoms with van der Waals surface area (Å²) in [4.78, 5) is 0. The Hall–Kier alpha value is -0.890. The van der Waals surface area contributed by atoms with Crippen LogP contribution in [0.25, 0.3) is 0 Å². The molecule has 0 aromatic heterocycles. The number of rotatable bonds is 7. The molecule has 0 aromatic rings. The second-order valence-corrected chi connectivity index (χ2v) is 14.6. The fourth-order valence-corrected chi connectivity index (χ4v) is 8.16. The Labute approximate surface area is 196 Å². The first-order chi connectivity index (χ1) is 15.1. The van der Waals surface area contributed by atoms with Gasteiger partial charge in [-0.15, -0.1) is 0 Å². The van der Waals surface area contributed by atoms with Crippen LogP contribution in [0.1, 0.15) is 72.6 Å². The van der Waals surface area contributed by atoms with Gasteiger partial charge in [-0.3, -0.25) is 0 Å². The van der Waals surface area contributed by atoms with Gasteiger partial charge in [-0.05, 0) is 85.2 Å². The van der Waals surface area contributed by atoms with Crippen molar-refractivity contribution in [2.45, 2.75) is 84.8 Å². The maximum atomic E-state index is 12.8. The van der Waals surface area contributed by atoms with Gasteiger partial charge in [0.15, 0.2) is 0 Å². The van der Waals surface area contributed by atoms with Crippen molar-refractivity contribution in [3.8, 4) is 0 Å². The van der Waals surface area contributed by atoms with Crippen LogP contribution in [0.5, 0.6) is 0 Å². The molecule has 0 aromatic carbocycles. The van der Waals surface area contributed by atoms with Crippen molar-refractivity contribution >= 4 is 7.14 Å². The second kappa shape index (κ2) is 10.6. The zero-order chi connectivity index (χ0) is 23.5. The summed E-state index contributed by atoms with van der Waals surface area (Å²) in [5, 5.41) is 20.2. The maximum absolute atomic E-state index is 12.8. The minimum absolute atomic E-state index is 0.314. The van der Waals surface area contributed by atoms with E-state index in [0.717, 1.165) is 36.1 Å². The summed E-state index contributed by atoms with van der Waals surface area (Å²) in [6.07, 6.45) is 17.4.